The van der Waals surface area contributed by atoms with Crippen LogP contribution in [0.15, 0.2) is 70.3 Å². The number of hydrogen-bond donors (Lipinski definition) is 0. The summed E-state index contributed by atoms with van der Waals surface area (Å²) in [5, 5.41) is 7.70. The number of oxime groups is 1. The maximum atomic E-state index is 13.0. The number of halogens is 1. The molecule has 0 saturated heterocycles. The lowest BCUT2D eigenvalue weighted by molar-refractivity contribution is 0.126. The summed E-state index contributed by atoms with van der Waals surface area (Å²) in [6.45, 7) is 0.183. The highest BCUT2D eigenvalue weighted by molar-refractivity contribution is 5.78. The third-order valence-electron chi connectivity index (χ3n) is 2.95. The van der Waals surface area contributed by atoms with Crippen molar-refractivity contribution < 1.29 is 13.8 Å². The van der Waals surface area contributed by atoms with Crippen LogP contribution in [-0.4, -0.2) is 11.4 Å². The van der Waals surface area contributed by atoms with Crippen LogP contribution in [0.25, 0.3) is 11.3 Å². The van der Waals surface area contributed by atoms with Crippen molar-refractivity contribution >= 4 is 6.21 Å². The first kappa shape index (κ1) is 14.0. The summed E-state index contributed by atoms with van der Waals surface area (Å²) in [6.07, 6.45) is 1.45. The van der Waals surface area contributed by atoms with Crippen LogP contribution < -0.4 is 0 Å². The topological polar surface area (TPSA) is 47.6 Å². The average Bonchev–Trinajstić information content (AvgIpc) is 3.01. The second kappa shape index (κ2) is 6.67. The number of hydrogen-bond acceptors (Lipinski definition) is 4. The molecule has 2 aromatic carbocycles. The van der Waals surface area contributed by atoms with E-state index in [9.17, 15) is 4.39 Å². The van der Waals surface area contributed by atoms with Gasteiger partial charge in [-0.05, 0) is 17.7 Å². The van der Waals surface area contributed by atoms with Crippen molar-refractivity contribution in [1.82, 2.24) is 5.16 Å². The van der Waals surface area contributed by atoms with E-state index in [1.807, 2.05) is 30.3 Å². The Morgan fingerprint density at radius 3 is 2.77 bits per heavy atom. The molecular formula is C17H13FN2O2. The molecule has 110 valence electrons. The number of benzene rings is 2. The minimum Gasteiger partial charge on any atom is -0.389 e. The van der Waals surface area contributed by atoms with Crippen LogP contribution in [-0.2, 0) is 11.4 Å². The zero-order valence-electron chi connectivity index (χ0n) is 11.6. The van der Waals surface area contributed by atoms with Gasteiger partial charge in [0.1, 0.15) is 11.5 Å². The van der Waals surface area contributed by atoms with Crippen molar-refractivity contribution in [3.8, 4) is 11.3 Å². The lowest BCUT2D eigenvalue weighted by Crippen LogP contribution is -1.88. The molecule has 22 heavy (non-hydrogen) atoms. The van der Waals surface area contributed by atoms with Crippen LogP contribution in [0.3, 0.4) is 0 Å². The molecule has 4 nitrogen and oxygen atoms in total. The van der Waals surface area contributed by atoms with Crippen LogP contribution in [0.2, 0.25) is 0 Å². The van der Waals surface area contributed by atoms with Crippen molar-refractivity contribution in [2.75, 3.05) is 0 Å². The van der Waals surface area contributed by atoms with Crippen LogP contribution in [0.4, 0.5) is 4.39 Å². The predicted molar refractivity (Wildman–Crippen MR) is 80.7 cm³/mol. The number of nitrogens with zero attached hydrogens (tertiary/aromatic N) is 2. The molecular weight excluding hydrogens is 283 g/mol. The molecule has 1 heterocycles. The molecule has 0 saturated carbocycles. The average molecular weight is 296 g/mol. The smallest absolute Gasteiger partial charge is 0.167 e. The van der Waals surface area contributed by atoms with Gasteiger partial charge in [-0.2, -0.15) is 0 Å². The van der Waals surface area contributed by atoms with Crippen molar-refractivity contribution in [2.45, 2.75) is 6.61 Å². The minimum absolute atomic E-state index is 0.183. The van der Waals surface area contributed by atoms with Crippen LogP contribution in [0.1, 0.15) is 11.3 Å². The summed E-state index contributed by atoms with van der Waals surface area (Å²) in [7, 11) is 0. The summed E-state index contributed by atoms with van der Waals surface area (Å²) < 4.78 is 18.2. The standard InChI is InChI=1S/C17H13FN2O2/c18-15-8-4-5-13(9-15)11-19-21-12-16-10-17(22-20-16)14-6-2-1-3-7-14/h1-11H,12H2/b19-11-. The van der Waals surface area contributed by atoms with Crippen molar-refractivity contribution in [2.24, 2.45) is 5.16 Å². The van der Waals surface area contributed by atoms with Gasteiger partial charge >= 0.3 is 0 Å². The molecule has 0 amide bonds. The fourth-order valence-electron chi connectivity index (χ4n) is 1.91. The molecule has 0 bridgehead atoms. The zero-order valence-corrected chi connectivity index (χ0v) is 11.6. The summed E-state index contributed by atoms with van der Waals surface area (Å²) in [5.41, 5.74) is 2.21. The van der Waals surface area contributed by atoms with Crippen LogP contribution in [0, 0.1) is 5.82 Å². The maximum absolute atomic E-state index is 13.0. The van der Waals surface area contributed by atoms with E-state index in [4.69, 9.17) is 9.36 Å². The lowest BCUT2D eigenvalue weighted by atomic mass is 10.2. The van der Waals surface area contributed by atoms with E-state index in [-0.39, 0.29) is 12.4 Å². The van der Waals surface area contributed by atoms with Gasteiger partial charge in [0, 0.05) is 11.6 Å². The van der Waals surface area contributed by atoms with E-state index in [0.29, 0.717) is 17.0 Å². The molecule has 0 N–H and O–H groups in total. The Labute approximate surface area is 126 Å². The molecule has 0 radical (unpaired) electrons. The van der Waals surface area contributed by atoms with Gasteiger partial charge in [0.05, 0.1) is 6.21 Å². The summed E-state index contributed by atoms with van der Waals surface area (Å²) in [4.78, 5) is 5.14. The van der Waals surface area contributed by atoms with Gasteiger partial charge in [0.15, 0.2) is 12.4 Å². The van der Waals surface area contributed by atoms with E-state index in [0.717, 1.165) is 5.56 Å². The van der Waals surface area contributed by atoms with Gasteiger partial charge in [-0.15, -0.1) is 0 Å². The largest absolute Gasteiger partial charge is 0.389 e. The summed E-state index contributed by atoms with van der Waals surface area (Å²) >= 11 is 0. The molecule has 3 rings (SSSR count). The molecule has 0 spiro atoms. The van der Waals surface area contributed by atoms with Gasteiger partial charge in [-0.3, -0.25) is 0 Å². The Kier molecular flexibility index (Phi) is 4.25. The van der Waals surface area contributed by atoms with Gasteiger partial charge in [0.25, 0.3) is 0 Å². The fourth-order valence-corrected chi connectivity index (χ4v) is 1.91. The SMILES string of the molecule is Fc1cccc(/C=N\OCc2cc(-c3ccccc3)on2)c1. The number of rotatable bonds is 5. The second-order valence-electron chi connectivity index (χ2n) is 4.61. The van der Waals surface area contributed by atoms with Crippen LogP contribution >= 0.6 is 0 Å². The first-order valence-electron chi connectivity index (χ1n) is 6.73. The van der Waals surface area contributed by atoms with Gasteiger partial charge < -0.3 is 9.36 Å². The molecule has 0 aliphatic heterocycles. The highest BCUT2D eigenvalue weighted by Gasteiger charge is 2.06. The first-order valence-corrected chi connectivity index (χ1v) is 6.73. The van der Waals surface area contributed by atoms with E-state index >= 15 is 0 Å². The van der Waals surface area contributed by atoms with Gasteiger partial charge in [-0.25, -0.2) is 4.39 Å². The highest BCUT2D eigenvalue weighted by Crippen LogP contribution is 2.19. The highest BCUT2D eigenvalue weighted by atomic mass is 19.1. The van der Waals surface area contributed by atoms with Crippen molar-refractivity contribution in [3.63, 3.8) is 0 Å². The first-order chi connectivity index (χ1) is 10.8. The maximum Gasteiger partial charge on any atom is 0.167 e. The number of aromatic nitrogens is 1. The monoisotopic (exact) mass is 296 g/mol. The van der Waals surface area contributed by atoms with E-state index in [2.05, 4.69) is 10.3 Å². The predicted octanol–water partition coefficient (Wildman–Crippen LogP) is 4.03. The molecule has 0 aliphatic carbocycles. The van der Waals surface area contributed by atoms with Crippen molar-refractivity contribution in [3.05, 3.63) is 77.7 Å². The zero-order chi connectivity index (χ0) is 15.2. The molecule has 0 aliphatic rings. The molecule has 0 fully saturated rings. The minimum atomic E-state index is -0.312. The molecule has 5 heteroatoms. The molecule has 0 atom stereocenters. The molecule has 3 aromatic rings. The Balaban J connectivity index is 1.57. The fraction of sp³-hybridized carbons (Fsp3) is 0.0588. The van der Waals surface area contributed by atoms with Gasteiger partial charge in [0.2, 0.25) is 0 Å². The Morgan fingerprint density at radius 2 is 1.95 bits per heavy atom. The van der Waals surface area contributed by atoms with Crippen LogP contribution in [0.5, 0.6) is 0 Å². The Hall–Kier alpha value is -2.95. The van der Waals surface area contributed by atoms with E-state index in [1.165, 1.54) is 18.3 Å². The third kappa shape index (κ3) is 3.58. The second-order valence-corrected chi connectivity index (χ2v) is 4.61. The molecule has 0 unspecified atom stereocenters. The Bertz CT molecular complexity index is 769. The normalized spacial score (nSPS) is 11.0. The molecule has 1 aromatic heterocycles. The van der Waals surface area contributed by atoms with Crippen molar-refractivity contribution in [1.29, 1.82) is 0 Å². The van der Waals surface area contributed by atoms with E-state index in [1.54, 1.807) is 18.2 Å². The van der Waals surface area contributed by atoms with E-state index < -0.39 is 0 Å². The van der Waals surface area contributed by atoms with Gasteiger partial charge in [-0.1, -0.05) is 52.8 Å². The quantitative estimate of drug-likeness (QED) is 0.527. The third-order valence-corrected chi connectivity index (χ3v) is 2.95. The lowest BCUT2D eigenvalue weighted by Gasteiger charge is -1.95. The Morgan fingerprint density at radius 1 is 1.09 bits per heavy atom. The summed E-state index contributed by atoms with van der Waals surface area (Å²) in [5.74, 6) is 0.362. The summed E-state index contributed by atoms with van der Waals surface area (Å²) in [6, 6.07) is 17.6.